The first-order valence-corrected chi connectivity index (χ1v) is 7.30. The Balaban J connectivity index is 3.10. The Morgan fingerprint density at radius 1 is 1.25 bits per heavy atom. The molecule has 0 saturated carbocycles. The predicted octanol–water partition coefficient (Wildman–Crippen LogP) is 3.66. The second-order valence-electron chi connectivity index (χ2n) is 5.33. The summed E-state index contributed by atoms with van der Waals surface area (Å²) >= 11 is 9.65. The molecule has 1 unspecified atom stereocenters. The molecule has 1 N–H and O–H groups in total. The number of alkyl halides is 1. The van der Waals surface area contributed by atoms with Crippen molar-refractivity contribution in [2.45, 2.75) is 31.7 Å². The summed E-state index contributed by atoms with van der Waals surface area (Å²) in [6.07, 6.45) is 0. The van der Waals surface area contributed by atoms with Crippen LogP contribution in [-0.2, 0) is 4.79 Å². The number of nitrogens with one attached hydrogen (secondary N) is 1. The molecule has 4 nitrogen and oxygen atoms in total. The van der Waals surface area contributed by atoms with Crippen molar-refractivity contribution in [2.24, 2.45) is 0 Å². The average molecular weight is 365 g/mol. The second kappa shape index (κ2) is 6.68. The molecule has 0 saturated heterocycles. The van der Waals surface area contributed by atoms with Crippen LogP contribution in [0.2, 0.25) is 0 Å². The highest BCUT2D eigenvalue weighted by Crippen LogP contribution is 2.38. The summed E-state index contributed by atoms with van der Waals surface area (Å²) in [7, 11) is 3.09. The van der Waals surface area contributed by atoms with E-state index in [9.17, 15) is 4.79 Å². The molecular weight excluding hydrogens is 346 g/mol. The molecule has 0 spiro atoms. The van der Waals surface area contributed by atoms with Crippen LogP contribution in [0.25, 0.3) is 0 Å². The number of hydrogen-bond acceptors (Lipinski definition) is 3. The van der Waals surface area contributed by atoms with Crippen molar-refractivity contribution in [3.05, 3.63) is 22.2 Å². The summed E-state index contributed by atoms with van der Waals surface area (Å²) in [6.45, 7) is 5.70. The van der Waals surface area contributed by atoms with E-state index in [4.69, 9.17) is 21.1 Å². The first-order chi connectivity index (χ1) is 9.19. The fourth-order valence-corrected chi connectivity index (χ4v) is 2.56. The SMILES string of the molecule is COc1cc(Br)c(C(Cl)C(=O)NC(C)(C)C)cc1OC. The normalized spacial score (nSPS) is 12.8. The highest BCUT2D eigenvalue weighted by atomic mass is 79.9. The van der Waals surface area contributed by atoms with Gasteiger partial charge in [-0.05, 0) is 38.5 Å². The lowest BCUT2D eigenvalue weighted by Crippen LogP contribution is -2.42. The molecule has 1 rings (SSSR count). The van der Waals surface area contributed by atoms with Crippen LogP contribution >= 0.6 is 27.5 Å². The van der Waals surface area contributed by atoms with Gasteiger partial charge in [-0.25, -0.2) is 0 Å². The third kappa shape index (κ3) is 4.28. The molecule has 0 aliphatic heterocycles. The molecule has 0 heterocycles. The van der Waals surface area contributed by atoms with Gasteiger partial charge in [-0.1, -0.05) is 15.9 Å². The molecule has 112 valence electrons. The Hall–Kier alpha value is -0.940. The lowest BCUT2D eigenvalue weighted by molar-refractivity contribution is -0.122. The third-order valence-corrected chi connectivity index (χ3v) is 3.62. The second-order valence-corrected chi connectivity index (χ2v) is 6.62. The summed E-state index contributed by atoms with van der Waals surface area (Å²) in [4.78, 5) is 12.1. The van der Waals surface area contributed by atoms with Crippen LogP contribution in [0.4, 0.5) is 0 Å². The fraction of sp³-hybridized carbons (Fsp3) is 0.500. The zero-order valence-electron chi connectivity index (χ0n) is 12.2. The Kier molecular flexibility index (Phi) is 5.71. The quantitative estimate of drug-likeness (QED) is 0.829. The number of carbonyl (C=O) groups excluding carboxylic acids is 1. The summed E-state index contributed by atoms with van der Waals surface area (Å²) < 4.78 is 11.1. The topological polar surface area (TPSA) is 47.6 Å². The van der Waals surface area contributed by atoms with E-state index in [2.05, 4.69) is 21.2 Å². The van der Waals surface area contributed by atoms with Gasteiger partial charge in [0, 0.05) is 10.0 Å². The van der Waals surface area contributed by atoms with E-state index in [1.807, 2.05) is 20.8 Å². The van der Waals surface area contributed by atoms with Crippen molar-refractivity contribution in [3.63, 3.8) is 0 Å². The molecule has 0 radical (unpaired) electrons. The number of hydrogen-bond donors (Lipinski definition) is 1. The highest BCUT2D eigenvalue weighted by molar-refractivity contribution is 9.10. The number of rotatable bonds is 4. The summed E-state index contributed by atoms with van der Waals surface area (Å²) in [5.74, 6) is 0.843. The Morgan fingerprint density at radius 3 is 2.20 bits per heavy atom. The molecular formula is C14H19BrClNO3. The average Bonchev–Trinajstić information content (AvgIpc) is 2.35. The van der Waals surface area contributed by atoms with Crippen molar-refractivity contribution >= 4 is 33.4 Å². The predicted molar refractivity (Wildman–Crippen MR) is 83.7 cm³/mol. The minimum atomic E-state index is -0.816. The zero-order chi connectivity index (χ0) is 15.5. The zero-order valence-corrected chi connectivity index (χ0v) is 14.6. The first-order valence-electron chi connectivity index (χ1n) is 6.07. The van der Waals surface area contributed by atoms with Gasteiger partial charge in [-0.15, -0.1) is 11.6 Å². The Labute approximate surface area is 132 Å². The van der Waals surface area contributed by atoms with Gasteiger partial charge in [-0.2, -0.15) is 0 Å². The van der Waals surface area contributed by atoms with Crippen LogP contribution in [0.5, 0.6) is 11.5 Å². The minimum absolute atomic E-state index is 0.257. The summed E-state index contributed by atoms with van der Waals surface area (Å²) in [6, 6.07) is 3.43. The molecule has 1 aromatic rings. The molecule has 0 aliphatic carbocycles. The van der Waals surface area contributed by atoms with Crippen molar-refractivity contribution in [3.8, 4) is 11.5 Å². The van der Waals surface area contributed by atoms with Gasteiger partial charge in [0.05, 0.1) is 14.2 Å². The van der Waals surface area contributed by atoms with Crippen LogP contribution in [-0.4, -0.2) is 25.7 Å². The Bertz CT molecular complexity index is 500. The molecule has 6 heteroatoms. The van der Waals surface area contributed by atoms with Crippen molar-refractivity contribution in [2.75, 3.05) is 14.2 Å². The summed E-state index contributed by atoms with van der Waals surface area (Å²) in [5.41, 5.74) is 0.291. The molecule has 1 amide bonds. The van der Waals surface area contributed by atoms with E-state index in [1.165, 1.54) is 7.11 Å². The molecule has 0 aliphatic rings. The van der Waals surface area contributed by atoms with Gasteiger partial charge in [0.1, 0.15) is 5.38 Å². The van der Waals surface area contributed by atoms with Crippen LogP contribution in [0, 0.1) is 0 Å². The van der Waals surface area contributed by atoms with Gasteiger partial charge in [-0.3, -0.25) is 4.79 Å². The van der Waals surface area contributed by atoms with Gasteiger partial charge in [0.15, 0.2) is 11.5 Å². The van der Waals surface area contributed by atoms with E-state index in [-0.39, 0.29) is 11.4 Å². The fourth-order valence-electron chi connectivity index (χ4n) is 1.64. The number of benzene rings is 1. The van der Waals surface area contributed by atoms with E-state index < -0.39 is 5.38 Å². The highest BCUT2D eigenvalue weighted by Gasteiger charge is 2.25. The van der Waals surface area contributed by atoms with Crippen molar-refractivity contribution in [1.29, 1.82) is 0 Å². The maximum Gasteiger partial charge on any atom is 0.243 e. The number of halogens is 2. The molecule has 20 heavy (non-hydrogen) atoms. The van der Waals surface area contributed by atoms with Crippen LogP contribution in [0.1, 0.15) is 31.7 Å². The lowest BCUT2D eigenvalue weighted by Gasteiger charge is -2.23. The van der Waals surface area contributed by atoms with Gasteiger partial charge < -0.3 is 14.8 Å². The lowest BCUT2D eigenvalue weighted by atomic mass is 10.1. The smallest absolute Gasteiger partial charge is 0.243 e. The van der Waals surface area contributed by atoms with E-state index in [0.29, 0.717) is 21.5 Å². The molecule has 0 fully saturated rings. The minimum Gasteiger partial charge on any atom is -0.493 e. The van der Waals surface area contributed by atoms with E-state index >= 15 is 0 Å². The third-order valence-electron chi connectivity index (χ3n) is 2.50. The summed E-state index contributed by atoms with van der Waals surface area (Å²) in [5, 5.41) is 2.03. The Morgan fingerprint density at radius 2 is 1.75 bits per heavy atom. The van der Waals surface area contributed by atoms with Crippen molar-refractivity contribution < 1.29 is 14.3 Å². The maximum atomic E-state index is 12.1. The molecule has 1 atom stereocenters. The standard InChI is InChI=1S/C14H19BrClNO3/c1-14(2,3)17-13(18)12(16)8-6-10(19-4)11(20-5)7-9(8)15/h6-7,12H,1-5H3,(H,17,18). The number of carbonyl (C=O) groups is 1. The molecule has 0 bridgehead atoms. The monoisotopic (exact) mass is 363 g/mol. The van der Waals surface area contributed by atoms with Gasteiger partial charge >= 0.3 is 0 Å². The van der Waals surface area contributed by atoms with Crippen LogP contribution in [0.15, 0.2) is 16.6 Å². The van der Waals surface area contributed by atoms with E-state index in [0.717, 1.165) is 0 Å². The first kappa shape index (κ1) is 17.1. The number of methoxy groups -OCH3 is 2. The maximum absolute atomic E-state index is 12.1. The molecule has 1 aromatic carbocycles. The van der Waals surface area contributed by atoms with E-state index in [1.54, 1.807) is 19.2 Å². The largest absolute Gasteiger partial charge is 0.493 e. The van der Waals surface area contributed by atoms with Crippen molar-refractivity contribution in [1.82, 2.24) is 5.32 Å². The number of ether oxygens (including phenoxy) is 2. The molecule has 0 aromatic heterocycles. The van der Waals surface area contributed by atoms with Gasteiger partial charge in [0.2, 0.25) is 5.91 Å². The number of amides is 1. The van der Waals surface area contributed by atoms with Gasteiger partial charge in [0.25, 0.3) is 0 Å². The van der Waals surface area contributed by atoms with Crippen LogP contribution < -0.4 is 14.8 Å². The van der Waals surface area contributed by atoms with Crippen LogP contribution in [0.3, 0.4) is 0 Å².